The van der Waals surface area contributed by atoms with Gasteiger partial charge in [0.15, 0.2) is 0 Å². The molecule has 1 aliphatic carbocycles. The summed E-state index contributed by atoms with van der Waals surface area (Å²) >= 11 is 0. The molecule has 0 aromatic rings. The van der Waals surface area contributed by atoms with Gasteiger partial charge in [-0.15, -0.1) is 0 Å². The van der Waals surface area contributed by atoms with Crippen molar-refractivity contribution in [1.29, 1.82) is 0 Å². The Labute approximate surface area is 96.3 Å². The van der Waals surface area contributed by atoms with Crippen molar-refractivity contribution in [3.63, 3.8) is 0 Å². The van der Waals surface area contributed by atoms with E-state index in [1.54, 1.807) is 0 Å². The molecule has 4 heteroatoms. The second-order valence-corrected chi connectivity index (χ2v) is 5.46. The molecule has 16 heavy (non-hydrogen) atoms. The Kier molecular flexibility index (Phi) is 3.31. The maximum Gasteiger partial charge on any atom is 0.305 e. The summed E-state index contributed by atoms with van der Waals surface area (Å²) in [5, 5.41) is 0. The Balaban J connectivity index is 2.88. The fourth-order valence-corrected chi connectivity index (χ4v) is 2.37. The van der Waals surface area contributed by atoms with Crippen molar-refractivity contribution in [2.45, 2.75) is 53.2 Å². The van der Waals surface area contributed by atoms with Gasteiger partial charge in [0.25, 0.3) is 5.79 Å². The number of carbonyl (C=O) groups is 2. The Morgan fingerprint density at radius 1 is 1.12 bits per heavy atom. The minimum Gasteiger partial charge on any atom is -0.422 e. The molecule has 0 N–H and O–H groups in total. The van der Waals surface area contributed by atoms with Crippen LogP contribution in [0.2, 0.25) is 0 Å². The van der Waals surface area contributed by atoms with Gasteiger partial charge in [0.2, 0.25) is 0 Å². The van der Waals surface area contributed by atoms with Gasteiger partial charge < -0.3 is 9.47 Å². The van der Waals surface area contributed by atoms with E-state index in [1.165, 1.54) is 13.8 Å². The van der Waals surface area contributed by atoms with Crippen LogP contribution in [0.15, 0.2) is 0 Å². The van der Waals surface area contributed by atoms with Crippen LogP contribution in [0.4, 0.5) is 0 Å². The predicted octanol–water partition coefficient (Wildman–Crippen LogP) is 2.27. The molecular formula is C12H20O4. The lowest BCUT2D eigenvalue weighted by molar-refractivity contribution is -0.296. The molecule has 0 amide bonds. The highest BCUT2D eigenvalue weighted by Crippen LogP contribution is 2.51. The predicted molar refractivity (Wildman–Crippen MR) is 58.4 cm³/mol. The minimum atomic E-state index is -1.03. The molecule has 0 aromatic carbocycles. The molecule has 1 atom stereocenters. The van der Waals surface area contributed by atoms with Gasteiger partial charge >= 0.3 is 11.9 Å². The third-order valence-electron chi connectivity index (χ3n) is 2.99. The lowest BCUT2D eigenvalue weighted by Gasteiger charge is -2.52. The van der Waals surface area contributed by atoms with Gasteiger partial charge in [0.1, 0.15) is 0 Å². The van der Waals surface area contributed by atoms with E-state index in [4.69, 9.17) is 9.47 Å². The van der Waals surface area contributed by atoms with Crippen molar-refractivity contribution >= 4 is 11.9 Å². The monoisotopic (exact) mass is 228 g/mol. The zero-order valence-corrected chi connectivity index (χ0v) is 10.6. The molecule has 0 aromatic heterocycles. The molecule has 0 heterocycles. The van der Waals surface area contributed by atoms with Crippen molar-refractivity contribution in [1.82, 2.24) is 0 Å². The lowest BCUT2D eigenvalue weighted by atomic mass is 9.64. The van der Waals surface area contributed by atoms with Crippen LogP contribution in [0.1, 0.15) is 47.5 Å². The smallest absolute Gasteiger partial charge is 0.305 e. The molecule has 1 unspecified atom stereocenters. The van der Waals surface area contributed by atoms with Crippen molar-refractivity contribution in [2.24, 2.45) is 11.3 Å². The molecule has 1 fully saturated rings. The van der Waals surface area contributed by atoms with Crippen LogP contribution in [0.3, 0.4) is 0 Å². The molecule has 0 spiro atoms. The molecule has 92 valence electrons. The highest BCUT2D eigenvalue weighted by molar-refractivity contribution is 5.69. The Morgan fingerprint density at radius 3 is 1.75 bits per heavy atom. The fourth-order valence-electron chi connectivity index (χ4n) is 2.37. The Bertz CT molecular complexity index is 285. The molecule has 1 saturated carbocycles. The third kappa shape index (κ3) is 2.54. The second-order valence-electron chi connectivity index (χ2n) is 5.46. The summed E-state index contributed by atoms with van der Waals surface area (Å²) in [5.74, 6) is -1.78. The van der Waals surface area contributed by atoms with Gasteiger partial charge in [0, 0.05) is 26.2 Å². The third-order valence-corrected chi connectivity index (χ3v) is 2.99. The first kappa shape index (κ1) is 13.0. The normalized spacial score (nSPS) is 23.2. The molecule has 0 aliphatic heterocycles. The largest absolute Gasteiger partial charge is 0.422 e. The van der Waals surface area contributed by atoms with Crippen LogP contribution < -0.4 is 0 Å². The van der Waals surface area contributed by atoms with Crippen LogP contribution in [-0.2, 0) is 19.1 Å². The topological polar surface area (TPSA) is 52.6 Å². The quantitative estimate of drug-likeness (QED) is 0.537. The van der Waals surface area contributed by atoms with E-state index >= 15 is 0 Å². The molecule has 1 rings (SSSR count). The average Bonchev–Trinajstić information content (AvgIpc) is 1.95. The molecule has 0 saturated heterocycles. The maximum absolute atomic E-state index is 11.1. The SMILES string of the molecule is CC(=O)OC1(OC(C)=O)CCC1C(C)(C)C. The number of carbonyl (C=O) groups excluding carboxylic acids is 2. The highest BCUT2D eigenvalue weighted by Gasteiger charge is 2.57. The van der Waals surface area contributed by atoms with Crippen molar-refractivity contribution < 1.29 is 19.1 Å². The van der Waals surface area contributed by atoms with Crippen LogP contribution in [0.25, 0.3) is 0 Å². The average molecular weight is 228 g/mol. The number of hydrogen-bond acceptors (Lipinski definition) is 4. The summed E-state index contributed by atoms with van der Waals surface area (Å²) in [6, 6.07) is 0. The van der Waals surface area contributed by atoms with Gasteiger partial charge in [-0.25, -0.2) is 0 Å². The fraction of sp³-hybridized carbons (Fsp3) is 0.833. The zero-order chi connectivity index (χ0) is 12.6. The molecule has 0 radical (unpaired) electrons. The summed E-state index contributed by atoms with van der Waals surface area (Å²) in [4.78, 5) is 22.2. The molecule has 1 aliphatic rings. The summed E-state index contributed by atoms with van der Waals surface area (Å²) in [7, 11) is 0. The Morgan fingerprint density at radius 2 is 1.56 bits per heavy atom. The maximum atomic E-state index is 11.1. The first-order valence-corrected chi connectivity index (χ1v) is 5.56. The number of hydrogen-bond donors (Lipinski definition) is 0. The van der Waals surface area contributed by atoms with E-state index in [9.17, 15) is 9.59 Å². The van der Waals surface area contributed by atoms with Crippen molar-refractivity contribution in [2.75, 3.05) is 0 Å². The van der Waals surface area contributed by atoms with E-state index in [0.29, 0.717) is 6.42 Å². The Hall–Kier alpha value is -1.06. The lowest BCUT2D eigenvalue weighted by Crippen LogP contribution is -2.57. The van der Waals surface area contributed by atoms with Gasteiger partial charge in [-0.05, 0) is 11.8 Å². The van der Waals surface area contributed by atoms with Crippen LogP contribution in [-0.4, -0.2) is 17.7 Å². The van der Waals surface area contributed by atoms with E-state index in [2.05, 4.69) is 20.8 Å². The van der Waals surface area contributed by atoms with Crippen molar-refractivity contribution in [3.8, 4) is 0 Å². The second kappa shape index (κ2) is 4.07. The van der Waals surface area contributed by atoms with Crippen LogP contribution in [0.5, 0.6) is 0 Å². The number of esters is 2. The first-order chi connectivity index (χ1) is 7.17. The first-order valence-electron chi connectivity index (χ1n) is 5.56. The highest BCUT2D eigenvalue weighted by atomic mass is 16.7. The molecule has 4 nitrogen and oxygen atoms in total. The number of ether oxygens (including phenoxy) is 2. The van der Waals surface area contributed by atoms with E-state index in [0.717, 1.165) is 6.42 Å². The van der Waals surface area contributed by atoms with Gasteiger partial charge in [-0.3, -0.25) is 9.59 Å². The van der Waals surface area contributed by atoms with Crippen LogP contribution >= 0.6 is 0 Å². The van der Waals surface area contributed by atoms with Gasteiger partial charge in [0.05, 0.1) is 0 Å². The summed E-state index contributed by atoms with van der Waals surface area (Å²) in [6.07, 6.45) is 1.50. The van der Waals surface area contributed by atoms with E-state index in [1.807, 2.05) is 0 Å². The summed E-state index contributed by atoms with van der Waals surface area (Å²) in [6.45, 7) is 8.84. The van der Waals surface area contributed by atoms with Gasteiger partial charge in [-0.2, -0.15) is 0 Å². The number of rotatable bonds is 2. The minimum absolute atomic E-state index is 0.0524. The van der Waals surface area contributed by atoms with Crippen LogP contribution in [0, 0.1) is 11.3 Å². The zero-order valence-electron chi connectivity index (χ0n) is 10.6. The summed E-state index contributed by atoms with van der Waals surface area (Å²) < 4.78 is 10.5. The van der Waals surface area contributed by atoms with E-state index < -0.39 is 17.7 Å². The standard InChI is InChI=1S/C12H20O4/c1-8(13)15-12(16-9(2)14)7-6-10(12)11(3,4)5/h10H,6-7H2,1-5H3. The molecule has 0 bridgehead atoms. The van der Waals surface area contributed by atoms with Gasteiger partial charge in [-0.1, -0.05) is 20.8 Å². The van der Waals surface area contributed by atoms with E-state index in [-0.39, 0.29) is 11.3 Å². The summed E-state index contributed by atoms with van der Waals surface area (Å²) in [5.41, 5.74) is -0.0524. The molecular weight excluding hydrogens is 208 g/mol. The van der Waals surface area contributed by atoms with Crippen molar-refractivity contribution in [3.05, 3.63) is 0 Å².